The maximum absolute atomic E-state index is 4.69. The second-order valence-corrected chi connectivity index (χ2v) is 5.33. The lowest BCUT2D eigenvalue weighted by Gasteiger charge is -2.17. The third-order valence-corrected chi connectivity index (χ3v) is 4.14. The molecule has 0 radical (unpaired) electrons. The Balaban J connectivity index is 2.02. The van der Waals surface area contributed by atoms with Crippen molar-refractivity contribution < 1.29 is 0 Å². The van der Waals surface area contributed by atoms with Crippen molar-refractivity contribution >= 4 is 16.9 Å². The lowest BCUT2D eigenvalue weighted by molar-refractivity contribution is 0.626. The summed E-state index contributed by atoms with van der Waals surface area (Å²) in [5.41, 5.74) is 1.35. The smallest absolute Gasteiger partial charge is 0.157 e. The summed E-state index contributed by atoms with van der Waals surface area (Å²) >= 11 is 1.85. The number of hydrogen-bond donors (Lipinski definition) is 1. The monoisotopic (exact) mass is 248 g/mol. The molecule has 0 aromatic heterocycles. The number of nitrogens with zero attached hydrogens (tertiary/aromatic N) is 1. The van der Waals surface area contributed by atoms with Gasteiger partial charge in [-0.2, -0.15) is 0 Å². The Morgan fingerprint density at radius 3 is 2.71 bits per heavy atom. The highest BCUT2D eigenvalue weighted by Gasteiger charge is 2.19. The van der Waals surface area contributed by atoms with E-state index in [1.807, 2.05) is 11.8 Å². The molecule has 1 aliphatic rings. The molecule has 2 rings (SSSR count). The van der Waals surface area contributed by atoms with Crippen molar-refractivity contribution in [3.05, 3.63) is 35.9 Å². The van der Waals surface area contributed by atoms with E-state index in [1.165, 1.54) is 5.56 Å². The van der Waals surface area contributed by atoms with Crippen molar-refractivity contribution in [1.29, 1.82) is 0 Å². The minimum atomic E-state index is 0.387. The number of hydrogen-bond acceptors (Lipinski definition) is 3. The van der Waals surface area contributed by atoms with E-state index < -0.39 is 0 Å². The van der Waals surface area contributed by atoms with Crippen molar-refractivity contribution in [2.75, 3.05) is 5.75 Å². The van der Waals surface area contributed by atoms with E-state index in [0.717, 1.165) is 23.8 Å². The Hall–Kier alpha value is -0.960. The van der Waals surface area contributed by atoms with Gasteiger partial charge in [-0.25, -0.2) is 0 Å². The van der Waals surface area contributed by atoms with Gasteiger partial charge in [0.25, 0.3) is 0 Å². The van der Waals surface area contributed by atoms with Gasteiger partial charge in [-0.15, -0.1) is 0 Å². The van der Waals surface area contributed by atoms with Gasteiger partial charge in [0, 0.05) is 5.75 Å². The van der Waals surface area contributed by atoms with Gasteiger partial charge in [-0.3, -0.25) is 4.99 Å². The predicted molar refractivity (Wildman–Crippen MR) is 76.6 cm³/mol. The molecule has 1 aliphatic heterocycles. The van der Waals surface area contributed by atoms with Crippen LogP contribution in [0.15, 0.2) is 35.3 Å². The summed E-state index contributed by atoms with van der Waals surface area (Å²) in [6, 6.07) is 11.5. The molecule has 17 heavy (non-hydrogen) atoms. The highest BCUT2D eigenvalue weighted by molar-refractivity contribution is 8.14. The van der Waals surface area contributed by atoms with Gasteiger partial charge in [-0.1, -0.05) is 55.9 Å². The second kappa shape index (κ2) is 6.10. The number of aliphatic imine (C=N–C) groups is 1. The molecular formula is C14H20N2S. The van der Waals surface area contributed by atoms with Crippen molar-refractivity contribution in [2.24, 2.45) is 4.99 Å². The first-order valence-corrected chi connectivity index (χ1v) is 7.34. The van der Waals surface area contributed by atoms with Crippen molar-refractivity contribution in [3.63, 3.8) is 0 Å². The Kier molecular flexibility index (Phi) is 4.49. The van der Waals surface area contributed by atoms with Gasteiger partial charge < -0.3 is 5.32 Å². The summed E-state index contributed by atoms with van der Waals surface area (Å²) in [6.07, 6.45) is 2.22. The fourth-order valence-electron chi connectivity index (χ4n) is 1.96. The summed E-state index contributed by atoms with van der Waals surface area (Å²) in [4.78, 5) is 4.69. The van der Waals surface area contributed by atoms with E-state index in [2.05, 4.69) is 54.5 Å². The summed E-state index contributed by atoms with van der Waals surface area (Å²) in [7, 11) is 0. The summed E-state index contributed by atoms with van der Waals surface area (Å²) in [5.74, 6) is 1.13. The highest BCUT2D eigenvalue weighted by atomic mass is 32.2. The number of benzene rings is 1. The number of amidine groups is 1. The quantitative estimate of drug-likeness (QED) is 0.880. The zero-order valence-electron chi connectivity index (χ0n) is 10.5. The van der Waals surface area contributed by atoms with Gasteiger partial charge in [-0.05, 0) is 18.4 Å². The molecular weight excluding hydrogens is 228 g/mol. The molecule has 0 aliphatic carbocycles. The fourth-order valence-corrected chi connectivity index (χ4v) is 3.07. The molecule has 0 saturated carbocycles. The van der Waals surface area contributed by atoms with Crippen LogP contribution in [-0.2, 0) is 0 Å². The highest BCUT2D eigenvalue weighted by Crippen LogP contribution is 2.23. The predicted octanol–water partition coefficient (Wildman–Crippen LogP) is 3.61. The largest absolute Gasteiger partial charge is 0.358 e. The van der Waals surface area contributed by atoms with Gasteiger partial charge in [0.05, 0.1) is 12.1 Å². The maximum Gasteiger partial charge on any atom is 0.157 e. The van der Waals surface area contributed by atoms with Gasteiger partial charge >= 0.3 is 0 Å². The molecule has 92 valence electrons. The second-order valence-electron chi connectivity index (χ2n) is 4.32. The van der Waals surface area contributed by atoms with Crippen molar-refractivity contribution in [1.82, 2.24) is 5.32 Å². The Bertz CT molecular complexity index is 375. The van der Waals surface area contributed by atoms with Crippen LogP contribution in [0.25, 0.3) is 0 Å². The molecule has 2 nitrogen and oxygen atoms in total. The molecule has 0 spiro atoms. The van der Waals surface area contributed by atoms with Crippen LogP contribution in [-0.4, -0.2) is 17.0 Å². The van der Waals surface area contributed by atoms with Gasteiger partial charge in [0.15, 0.2) is 5.17 Å². The van der Waals surface area contributed by atoms with E-state index in [-0.39, 0.29) is 0 Å². The van der Waals surface area contributed by atoms with Crippen LogP contribution in [0.1, 0.15) is 38.3 Å². The lowest BCUT2D eigenvalue weighted by atomic mass is 10.1. The standard InChI is InChI=1S/C14H20N2S/c1-3-12-10-17-14(15-12)16-13(4-2)11-8-6-5-7-9-11/h5-9,12-13H,3-4,10H2,1-2H3,(H,15,16). The molecule has 1 aromatic carbocycles. The van der Waals surface area contributed by atoms with Crippen LogP contribution in [0.3, 0.4) is 0 Å². The molecule has 3 heteroatoms. The molecule has 1 N–H and O–H groups in total. The van der Waals surface area contributed by atoms with Crippen LogP contribution < -0.4 is 5.32 Å². The number of nitrogens with one attached hydrogen (secondary N) is 1. The SMILES string of the molecule is CCC1CSC(NC(CC)c2ccccc2)=N1. The van der Waals surface area contributed by atoms with Gasteiger partial charge in [0.1, 0.15) is 0 Å². The number of rotatable bonds is 4. The minimum absolute atomic E-state index is 0.387. The molecule has 0 amide bonds. The van der Waals surface area contributed by atoms with E-state index in [4.69, 9.17) is 0 Å². The van der Waals surface area contributed by atoms with Crippen LogP contribution in [0.4, 0.5) is 0 Å². The average molecular weight is 248 g/mol. The molecule has 2 atom stereocenters. The third-order valence-electron chi connectivity index (χ3n) is 3.09. The van der Waals surface area contributed by atoms with Crippen LogP contribution >= 0.6 is 11.8 Å². The van der Waals surface area contributed by atoms with Gasteiger partial charge in [0.2, 0.25) is 0 Å². The Morgan fingerprint density at radius 2 is 2.12 bits per heavy atom. The first-order valence-electron chi connectivity index (χ1n) is 6.35. The molecule has 2 unspecified atom stereocenters. The van der Waals surface area contributed by atoms with Crippen molar-refractivity contribution in [3.8, 4) is 0 Å². The van der Waals surface area contributed by atoms with Crippen LogP contribution in [0.5, 0.6) is 0 Å². The Labute approximate surface area is 108 Å². The molecule has 0 saturated heterocycles. The number of thioether (sulfide) groups is 1. The Morgan fingerprint density at radius 1 is 1.35 bits per heavy atom. The van der Waals surface area contributed by atoms with Crippen LogP contribution in [0, 0.1) is 0 Å². The van der Waals surface area contributed by atoms with E-state index in [0.29, 0.717) is 12.1 Å². The van der Waals surface area contributed by atoms with Crippen molar-refractivity contribution in [2.45, 2.75) is 38.8 Å². The van der Waals surface area contributed by atoms with E-state index >= 15 is 0 Å². The maximum atomic E-state index is 4.69. The van der Waals surface area contributed by atoms with E-state index in [9.17, 15) is 0 Å². The molecule has 1 aromatic rings. The summed E-state index contributed by atoms with van der Waals surface area (Å²) < 4.78 is 0. The van der Waals surface area contributed by atoms with E-state index in [1.54, 1.807) is 0 Å². The summed E-state index contributed by atoms with van der Waals surface area (Å²) in [6.45, 7) is 4.41. The third kappa shape index (κ3) is 3.25. The fraction of sp³-hybridized carbons (Fsp3) is 0.500. The molecule has 1 heterocycles. The average Bonchev–Trinajstić information content (AvgIpc) is 2.84. The molecule has 0 bridgehead atoms. The normalized spacial score (nSPS) is 21.1. The topological polar surface area (TPSA) is 24.4 Å². The summed E-state index contributed by atoms with van der Waals surface area (Å²) in [5, 5.41) is 4.68. The first-order chi connectivity index (χ1) is 8.33. The zero-order chi connectivity index (χ0) is 12.1. The zero-order valence-corrected chi connectivity index (χ0v) is 11.3. The lowest BCUT2D eigenvalue weighted by Crippen LogP contribution is -2.24. The van der Waals surface area contributed by atoms with Crippen LogP contribution in [0.2, 0.25) is 0 Å². The minimum Gasteiger partial charge on any atom is -0.358 e. The first kappa shape index (κ1) is 12.5. The molecule has 0 fully saturated rings.